The van der Waals surface area contributed by atoms with E-state index in [1.165, 1.54) is 22.8 Å². The number of hydrogen-bond acceptors (Lipinski definition) is 3. The monoisotopic (exact) mass is 286 g/mol. The molecule has 2 aromatic rings. The van der Waals surface area contributed by atoms with Gasteiger partial charge in [-0.15, -0.1) is 0 Å². The summed E-state index contributed by atoms with van der Waals surface area (Å²) in [5.74, 6) is 0.910. The first-order valence-corrected chi connectivity index (χ1v) is 7.58. The van der Waals surface area contributed by atoms with Gasteiger partial charge in [-0.05, 0) is 75.1 Å². The van der Waals surface area contributed by atoms with Crippen LogP contribution in [-0.4, -0.2) is 39.2 Å². The van der Waals surface area contributed by atoms with Gasteiger partial charge >= 0.3 is 0 Å². The van der Waals surface area contributed by atoms with Crippen LogP contribution < -0.4 is 10.1 Å². The van der Waals surface area contributed by atoms with Gasteiger partial charge in [0.25, 0.3) is 0 Å². The molecule has 114 valence electrons. The second-order valence-corrected chi connectivity index (χ2v) is 5.59. The molecule has 2 rings (SSSR count). The van der Waals surface area contributed by atoms with E-state index in [0.29, 0.717) is 6.04 Å². The van der Waals surface area contributed by atoms with Crippen molar-refractivity contribution in [2.24, 2.45) is 0 Å². The minimum atomic E-state index is 0.424. The van der Waals surface area contributed by atoms with E-state index in [1.54, 1.807) is 7.11 Å². The first kappa shape index (κ1) is 15.8. The molecule has 0 fully saturated rings. The fourth-order valence-corrected chi connectivity index (χ4v) is 2.58. The zero-order chi connectivity index (χ0) is 15.2. The molecular formula is C18H26N2O. The molecule has 0 heterocycles. The number of methoxy groups -OCH3 is 1. The minimum absolute atomic E-state index is 0.424. The number of fused-ring (bicyclic) bond motifs is 1. The number of ether oxygens (including phenoxy) is 1. The van der Waals surface area contributed by atoms with Gasteiger partial charge in [0, 0.05) is 6.04 Å². The number of nitrogens with one attached hydrogen (secondary N) is 1. The highest BCUT2D eigenvalue weighted by atomic mass is 16.5. The zero-order valence-electron chi connectivity index (χ0n) is 13.5. The average Bonchev–Trinajstić information content (AvgIpc) is 2.53. The van der Waals surface area contributed by atoms with Crippen molar-refractivity contribution >= 4 is 10.8 Å². The predicted octanol–water partition coefficient (Wildman–Crippen LogP) is 3.45. The Morgan fingerprint density at radius 3 is 2.57 bits per heavy atom. The van der Waals surface area contributed by atoms with E-state index < -0.39 is 0 Å². The fraction of sp³-hybridized carbons (Fsp3) is 0.444. The molecule has 0 aromatic heterocycles. The summed E-state index contributed by atoms with van der Waals surface area (Å²) in [6.07, 6.45) is 1.17. The van der Waals surface area contributed by atoms with Gasteiger partial charge in [-0.2, -0.15) is 0 Å². The lowest BCUT2D eigenvalue weighted by molar-refractivity contribution is 0.258. The molecule has 1 N–H and O–H groups in total. The molecule has 2 aromatic carbocycles. The Hall–Kier alpha value is -1.58. The van der Waals surface area contributed by atoms with Gasteiger partial charge in [0.05, 0.1) is 7.11 Å². The maximum atomic E-state index is 5.28. The molecule has 0 aliphatic carbocycles. The summed E-state index contributed by atoms with van der Waals surface area (Å²) in [7, 11) is 5.90. The first-order valence-electron chi connectivity index (χ1n) is 7.58. The Labute approximate surface area is 127 Å². The maximum absolute atomic E-state index is 5.28. The predicted molar refractivity (Wildman–Crippen MR) is 90.1 cm³/mol. The van der Waals surface area contributed by atoms with E-state index in [0.717, 1.165) is 18.8 Å². The first-order chi connectivity index (χ1) is 10.2. The largest absolute Gasteiger partial charge is 0.497 e. The standard InChI is InChI=1S/C18H26N2O/c1-14(20(3)11-5-10-19-2)15-6-7-17-13-18(21-4)9-8-16(17)12-15/h6-9,12-14,19H,5,10-11H2,1-4H3. The third-order valence-electron chi connectivity index (χ3n) is 4.15. The van der Waals surface area contributed by atoms with Crippen LogP contribution in [0.5, 0.6) is 5.75 Å². The molecule has 1 unspecified atom stereocenters. The maximum Gasteiger partial charge on any atom is 0.119 e. The van der Waals surface area contributed by atoms with Crippen LogP contribution in [0.1, 0.15) is 24.9 Å². The van der Waals surface area contributed by atoms with E-state index in [9.17, 15) is 0 Å². The van der Waals surface area contributed by atoms with E-state index >= 15 is 0 Å². The Balaban J connectivity index is 2.14. The SMILES string of the molecule is CNCCCN(C)C(C)c1ccc2cc(OC)ccc2c1. The Morgan fingerprint density at radius 1 is 1.14 bits per heavy atom. The molecule has 0 saturated heterocycles. The molecule has 0 radical (unpaired) electrons. The van der Waals surface area contributed by atoms with Crippen LogP contribution in [0.15, 0.2) is 36.4 Å². The molecular weight excluding hydrogens is 260 g/mol. The van der Waals surface area contributed by atoms with Gasteiger partial charge in [-0.1, -0.05) is 18.2 Å². The molecule has 0 bridgehead atoms. The lowest BCUT2D eigenvalue weighted by Crippen LogP contribution is -2.25. The molecule has 0 spiro atoms. The summed E-state index contributed by atoms with van der Waals surface area (Å²) < 4.78 is 5.28. The summed E-state index contributed by atoms with van der Waals surface area (Å²) in [4.78, 5) is 2.40. The summed E-state index contributed by atoms with van der Waals surface area (Å²) in [6.45, 7) is 4.43. The lowest BCUT2D eigenvalue weighted by atomic mass is 10.0. The molecule has 0 amide bonds. The lowest BCUT2D eigenvalue weighted by Gasteiger charge is -2.25. The van der Waals surface area contributed by atoms with Crippen LogP contribution in [0.25, 0.3) is 10.8 Å². The highest BCUT2D eigenvalue weighted by Crippen LogP contribution is 2.26. The highest BCUT2D eigenvalue weighted by Gasteiger charge is 2.11. The third-order valence-corrected chi connectivity index (χ3v) is 4.15. The van der Waals surface area contributed by atoms with Crippen LogP contribution in [0.4, 0.5) is 0 Å². The van der Waals surface area contributed by atoms with Gasteiger partial charge in [0.1, 0.15) is 5.75 Å². The molecule has 0 aliphatic heterocycles. The minimum Gasteiger partial charge on any atom is -0.497 e. The van der Waals surface area contributed by atoms with Crippen molar-refractivity contribution < 1.29 is 4.74 Å². The van der Waals surface area contributed by atoms with Gasteiger partial charge < -0.3 is 10.1 Å². The van der Waals surface area contributed by atoms with Crippen molar-refractivity contribution in [2.75, 3.05) is 34.3 Å². The van der Waals surface area contributed by atoms with Crippen molar-refractivity contribution in [1.29, 1.82) is 0 Å². The van der Waals surface area contributed by atoms with Crippen molar-refractivity contribution in [3.63, 3.8) is 0 Å². The quantitative estimate of drug-likeness (QED) is 0.789. The average molecular weight is 286 g/mol. The van der Waals surface area contributed by atoms with Gasteiger partial charge in [-0.3, -0.25) is 4.90 Å². The normalized spacial score (nSPS) is 12.8. The van der Waals surface area contributed by atoms with Crippen LogP contribution in [-0.2, 0) is 0 Å². The summed E-state index contributed by atoms with van der Waals surface area (Å²) >= 11 is 0. The molecule has 0 saturated carbocycles. The number of rotatable bonds is 7. The van der Waals surface area contributed by atoms with Crippen molar-refractivity contribution in [3.8, 4) is 5.75 Å². The molecule has 3 heteroatoms. The van der Waals surface area contributed by atoms with E-state index in [4.69, 9.17) is 4.74 Å². The van der Waals surface area contributed by atoms with Gasteiger partial charge in [-0.25, -0.2) is 0 Å². The Morgan fingerprint density at radius 2 is 1.86 bits per heavy atom. The summed E-state index contributed by atoms with van der Waals surface area (Å²) in [5, 5.41) is 5.69. The van der Waals surface area contributed by atoms with Gasteiger partial charge in [0.15, 0.2) is 0 Å². The van der Waals surface area contributed by atoms with E-state index in [1.807, 2.05) is 13.1 Å². The van der Waals surface area contributed by atoms with Crippen LogP contribution in [0, 0.1) is 0 Å². The fourth-order valence-electron chi connectivity index (χ4n) is 2.58. The van der Waals surface area contributed by atoms with E-state index in [2.05, 4.69) is 54.5 Å². The van der Waals surface area contributed by atoms with E-state index in [-0.39, 0.29) is 0 Å². The summed E-state index contributed by atoms with van der Waals surface area (Å²) in [5.41, 5.74) is 1.36. The Kier molecular flexibility index (Phi) is 5.59. The van der Waals surface area contributed by atoms with Crippen LogP contribution in [0.3, 0.4) is 0 Å². The van der Waals surface area contributed by atoms with Crippen LogP contribution in [0.2, 0.25) is 0 Å². The number of hydrogen-bond donors (Lipinski definition) is 1. The van der Waals surface area contributed by atoms with Crippen LogP contribution >= 0.6 is 0 Å². The third kappa shape index (κ3) is 3.96. The van der Waals surface area contributed by atoms with Crippen molar-refractivity contribution in [1.82, 2.24) is 10.2 Å². The second-order valence-electron chi connectivity index (χ2n) is 5.59. The topological polar surface area (TPSA) is 24.5 Å². The molecule has 3 nitrogen and oxygen atoms in total. The Bertz CT molecular complexity index is 582. The highest BCUT2D eigenvalue weighted by molar-refractivity contribution is 5.84. The van der Waals surface area contributed by atoms with Gasteiger partial charge in [0.2, 0.25) is 0 Å². The molecule has 0 aliphatic rings. The van der Waals surface area contributed by atoms with Crippen molar-refractivity contribution in [3.05, 3.63) is 42.0 Å². The summed E-state index contributed by atoms with van der Waals surface area (Å²) in [6, 6.07) is 13.4. The number of benzene rings is 2. The van der Waals surface area contributed by atoms with Crippen molar-refractivity contribution in [2.45, 2.75) is 19.4 Å². The molecule has 21 heavy (non-hydrogen) atoms. The zero-order valence-corrected chi connectivity index (χ0v) is 13.5. The second kappa shape index (κ2) is 7.43. The molecule has 1 atom stereocenters. The number of nitrogens with zero attached hydrogens (tertiary/aromatic N) is 1. The smallest absolute Gasteiger partial charge is 0.119 e.